The molecule has 0 aromatic heterocycles. The molecule has 3 N–H and O–H groups in total. The summed E-state index contributed by atoms with van der Waals surface area (Å²) in [6.07, 6.45) is 4.13. The predicted molar refractivity (Wildman–Crippen MR) is 76.5 cm³/mol. The standard InChI is InChI=1S/C13H19N3OS/c14-11-8-4-5-9-12(11)16(18)13(17)15-10-6-2-1-3-7-10/h1-3,6-7,11-12,18H,4-5,8-9,14H2,(H,15,17)/t11-,12-/m0/s1. The Morgan fingerprint density at radius 2 is 1.94 bits per heavy atom. The number of carbonyl (C=O) groups excluding carboxylic acids is 1. The second-order valence-corrected chi connectivity index (χ2v) is 5.09. The number of nitrogens with two attached hydrogens (primary N) is 1. The molecular weight excluding hydrogens is 246 g/mol. The number of hydrogen-bond acceptors (Lipinski definition) is 3. The summed E-state index contributed by atoms with van der Waals surface area (Å²) < 4.78 is 1.44. The van der Waals surface area contributed by atoms with Crippen molar-refractivity contribution in [1.82, 2.24) is 4.31 Å². The number of amides is 2. The van der Waals surface area contributed by atoms with Crippen molar-refractivity contribution in [2.75, 3.05) is 5.32 Å². The molecule has 18 heavy (non-hydrogen) atoms. The van der Waals surface area contributed by atoms with Crippen molar-refractivity contribution in [2.45, 2.75) is 37.8 Å². The van der Waals surface area contributed by atoms with Crippen LogP contribution in [-0.2, 0) is 0 Å². The van der Waals surface area contributed by atoms with Crippen LogP contribution in [0, 0.1) is 0 Å². The van der Waals surface area contributed by atoms with Crippen molar-refractivity contribution in [3.05, 3.63) is 30.3 Å². The predicted octanol–water partition coefficient (Wildman–Crippen LogP) is 2.64. The first-order valence-corrected chi connectivity index (χ1v) is 6.68. The van der Waals surface area contributed by atoms with E-state index in [9.17, 15) is 4.79 Å². The van der Waals surface area contributed by atoms with Gasteiger partial charge in [0.2, 0.25) is 0 Å². The molecule has 2 rings (SSSR count). The molecule has 0 spiro atoms. The lowest BCUT2D eigenvalue weighted by Crippen LogP contribution is -2.49. The average Bonchev–Trinajstić information content (AvgIpc) is 2.39. The monoisotopic (exact) mass is 265 g/mol. The molecule has 1 aromatic carbocycles. The van der Waals surface area contributed by atoms with Crippen molar-refractivity contribution in [3.63, 3.8) is 0 Å². The molecule has 0 aliphatic heterocycles. The normalized spacial score (nSPS) is 23.4. The number of nitrogens with zero attached hydrogens (tertiary/aromatic N) is 1. The van der Waals surface area contributed by atoms with Crippen molar-refractivity contribution in [3.8, 4) is 0 Å². The van der Waals surface area contributed by atoms with Crippen LogP contribution in [0.25, 0.3) is 0 Å². The number of nitrogens with one attached hydrogen (secondary N) is 1. The van der Waals surface area contributed by atoms with E-state index in [1.54, 1.807) is 0 Å². The van der Waals surface area contributed by atoms with Crippen LogP contribution in [0.1, 0.15) is 25.7 Å². The van der Waals surface area contributed by atoms with Gasteiger partial charge in [0.25, 0.3) is 0 Å². The van der Waals surface area contributed by atoms with Crippen molar-refractivity contribution in [2.24, 2.45) is 5.73 Å². The molecule has 0 saturated heterocycles. The van der Waals surface area contributed by atoms with Gasteiger partial charge in [-0.1, -0.05) is 43.9 Å². The number of thiol groups is 1. The summed E-state index contributed by atoms with van der Waals surface area (Å²) in [6, 6.07) is 9.19. The molecule has 0 radical (unpaired) electrons. The molecule has 1 fully saturated rings. The second-order valence-electron chi connectivity index (χ2n) is 4.66. The third kappa shape index (κ3) is 3.17. The van der Waals surface area contributed by atoms with E-state index in [-0.39, 0.29) is 18.1 Å². The zero-order chi connectivity index (χ0) is 13.0. The molecular formula is C13H19N3OS. The maximum atomic E-state index is 12.0. The first-order valence-electron chi connectivity index (χ1n) is 6.28. The van der Waals surface area contributed by atoms with Gasteiger partial charge in [0, 0.05) is 11.7 Å². The first kappa shape index (κ1) is 13.2. The van der Waals surface area contributed by atoms with Gasteiger partial charge in [0.05, 0.1) is 6.04 Å². The van der Waals surface area contributed by atoms with Crippen LogP contribution < -0.4 is 11.1 Å². The summed E-state index contributed by atoms with van der Waals surface area (Å²) in [7, 11) is 0. The van der Waals surface area contributed by atoms with Gasteiger partial charge in [-0.25, -0.2) is 4.79 Å². The molecule has 1 aromatic rings. The average molecular weight is 265 g/mol. The molecule has 0 unspecified atom stereocenters. The fourth-order valence-electron chi connectivity index (χ4n) is 2.30. The summed E-state index contributed by atoms with van der Waals surface area (Å²) in [4.78, 5) is 12.0. The molecule has 2 atom stereocenters. The van der Waals surface area contributed by atoms with E-state index in [0.29, 0.717) is 0 Å². The Kier molecular flexibility index (Phi) is 4.49. The minimum absolute atomic E-state index is 0.0193. The van der Waals surface area contributed by atoms with Crippen LogP contribution in [0.3, 0.4) is 0 Å². The molecule has 1 aliphatic rings. The number of carbonyl (C=O) groups is 1. The fraction of sp³-hybridized carbons (Fsp3) is 0.462. The number of benzene rings is 1. The smallest absolute Gasteiger partial charge is 0.326 e. The van der Waals surface area contributed by atoms with E-state index in [2.05, 4.69) is 18.1 Å². The van der Waals surface area contributed by atoms with Crippen LogP contribution in [-0.4, -0.2) is 22.4 Å². The van der Waals surface area contributed by atoms with Gasteiger partial charge in [-0.2, -0.15) is 0 Å². The Bertz CT molecular complexity index is 398. The number of para-hydroxylation sites is 1. The summed E-state index contributed by atoms with van der Waals surface area (Å²) >= 11 is 4.30. The zero-order valence-corrected chi connectivity index (χ0v) is 11.1. The molecule has 0 heterocycles. The SMILES string of the molecule is N[C@H]1CCCC[C@@H]1N(S)C(=O)Nc1ccccc1. The number of rotatable bonds is 2. The second kappa shape index (κ2) is 6.11. The fourth-order valence-corrected chi connectivity index (χ4v) is 2.63. The molecule has 0 bridgehead atoms. The third-order valence-corrected chi connectivity index (χ3v) is 3.81. The van der Waals surface area contributed by atoms with Gasteiger partial charge in [-0.05, 0) is 25.0 Å². The third-order valence-electron chi connectivity index (χ3n) is 3.33. The summed E-state index contributed by atoms with van der Waals surface area (Å²) in [6.45, 7) is 0. The maximum Gasteiger partial charge on any atom is 0.331 e. The van der Waals surface area contributed by atoms with E-state index < -0.39 is 0 Å². The highest BCUT2D eigenvalue weighted by Gasteiger charge is 2.29. The van der Waals surface area contributed by atoms with Gasteiger partial charge in [0.1, 0.15) is 0 Å². The number of anilines is 1. The highest BCUT2D eigenvalue weighted by Crippen LogP contribution is 2.23. The quantitative estimate of drug-likeness (QED) is 0.720. The summed E-state index contributed by atoms with van der Waals surface area (Å²) in [5, 5.41) is 2.81. The maximum absolute atomic E-state index is 12.0. The van der Waals surface area contributed by atoms with Crippen LogP contribution in [0.15, 0.2) is 30.3 Å². The molecule has 2 amide bonds. The van der Waals surface area contributed by atoms with Crippen molar-refractivity contribution in [1.29, 1.82) is 0 Å². The topological polar surface area (TPSA) is 58.4 Å². The van der Waals surface area contributed by atoms with Gasteiger partial charge in [-0.3, -0.25) is 4.31 Å². The van der Waals surface area contributed by atoms with Crippen LogP contribution in [0.2, 0.25) is 0 Å². The molecule has 4 nitrogen and oxygen atoms in total. The van der Waals surface area contributed by atoms with Crippen LogP contribution in [0.4, 0.5) is 10.5 Å². The lowest BCUT2D eigenvalue weighted by atomic mass is 9.91. The Hall–Kier alpha value is -1.20. The number of hydrogen-bond donors (Lipinski definition) is 3. The van der Waals surface area contributed by atoms with Crippen LogP contribution in [0.5, 0.6) is 0 Å². The summed E-state index contributed by atoms with van der Waals surface area (Å²) in [5.74, 6) is 0. The first-order chi connectivity index (χ1) is 8.68. The Labute approximate surface area is 113 Å². The van der Waals surface area contributed by atoms with Crippen molar-refractivity contribution >= 4 is 24.5 Å². The van der Waals surface area contributed by atoms with E-state index in [1.807, 2.05) is 30.3 Å². The zero-order valence-electron chi connectivity index (χ0n) is 10.2. The van der Waals surface area contributed by atoms with Crippen molar-refractivity contribution < 1.29 is 4.79 Å². The van der Waals surface area contributed by atoms with Gasteiger partial charge < -0.3 is 11.1 Å². The summed E-state index contributed by atoms with van der Waals surface area (Å²) in [5.41, 5.74) is 6.81. The molecule has 1 saturated carbocycles. The van der Waals surface area contributed by atoms with E-state index >= 15 is 0 Å². The Morgan fingerprint density at radius 1 is 1.28 bits per heavy atom. The Morgan fingerprint density at radius 3 is 2.61 bits per heavy atom. The highest BCUT2D eigenvalue weighted by molar-refractivity contribution is 7.78. The molecule has 5 heteroatoms. The highest BCUT2D eigenvalue weighted by atomic mass is 32.1. The molecule has 98 valence electrons. The van der Waals surface area contributed by atoms with Gasteiger partial charge >= 0.3 is 6.03 Å². The lowest BCUT2D eigenvalue weighted by Gasteiger charge is -2.34. The van der Waals surface area contributed by atoms with E-state index in [4.69, 9.17) is 5.73 Å². The van der Waals surface area contributed by atoms with E-state index in [1.165, 1.54) is 4.31 Å². The number of urea groups is 1. The largest absolute Gasteiger partial charge is 0.331 e. The van der Waals surface area contributed by atoms with Crippen LogP contribution >= 0.6 is 12.8 Å². The minimum atomic E-state index is -0.216. The Balaban J connectivity index is 1.96. The molecule has 1 aliphatic carbocycles. The van der Waals surface area contributed by atoms with Gasteiger partial charge in [-0.15, -0.1) is 0 Å². The minimum Gasteiger partial charge on any atom is -0.326 e. The lowest BCUT2D eigenvalue weighted by molar-refractivity contribution is 0.210. The van der Waals surface area contributed by atoms with Gasteiger partial charge in [0.15, 0.2) is 0 Å². The van der Waals surface area contributed by atoms with E-state index in [0.717, 1.165) is 31.4 Å².